The number of anilines is 2. The second-order valence-corrected chi connectivity index (χ2v) is 9.60. The largest absolute Gasteiger partial charge is 0.393 e. The lowest BCUT2D eigenvalue weighted by Crippen LogP contribution is -2.32. The molecule has 4 aromatic rings. The van der Waals surface area contributed by atoms with Gasteiger partial charge in [0.15, 0.2) is 11.6 Å². The van der Waals surface area contributed by atoms with Crippen LogP contribution in [0.1, 0.15) is 44.2 Å². The summed E-state index contributed by atoms with van der Waals surface area (Å²) in [4.78, 5) is 6.37. The molecule has 0 fully saturated rings. The van der Waals surface area contributed by atoms with Crippen LogP contribution in [0.25, 0.3) is 16.7 Å². The van der Waals surface area contributed by atoms with Gasteiger partial charge in [-0.15, -0.1) is 10.2 Å². The molecule has 0 aliphatic carbocycles. The lowest BCUT2D eigenvalue weighted by atomic mass is 9.84. The maximum atomic E-state index is 15.2. The van der Waals surface area contributed by atoms with Gasteiger partial charge in [-0.05, 0) is 61.4 Å². The van der Waals surface area contributed by atoms with Crippen LogP contribution in [-0.2, 0) is 12.8 Å². The number of aromatic nitrogens is 4. The Hall–Kier alpha value is -3.30. The number of hydrogen-bond acceptors (Lipinski definition) is 4. The van der Waals surface area contributed by atoms with Gasteiger partial charge in [0.05, 0.1) is 16.3 Å². The molecule has 184 valence electrons. The first-order valence-corrected chi connectivity index (χ1v) is 11.5. The Labute approximate surface area is 198 Å². The van der Waals surface area contributed by atoms with E-state index in [2.05, 4.69) is 15.2 Å². The number of rotatable bonds is 4. The van der Waals surface area contributed by atoms with Crippen molar-refractivity contribution >= 4 is 28.2 Å². The predicted molar refractivity (Wildman–Crippen MR) is 123 cm³/mol. The van der Waals surface area contributed by atoms with Crippen molar-refractivity contribution in [2.24, 2.45) is 5.41 Å². The van der Waals surface area contributed by atoms with Gasteiger partial charge in [0.25, 0.3) is 5.78 Å². The topological polar surface area (TPSA) is 46.3 Å². The van der Waals surface area contributed by atoms with E-state index in [1.807, 2.05) is 17.0 Å². The standard InChI is InChI=1S/C25H24F5N5/c1-24(2,25(28,29)30)12-11-15-6-5-8-18-16(15)7-3-4-13-34(18)22-20-19(10-9-17(26)21(20)27)35-14-31-33-23(35)32-22/h5-6,8-10,14H,3-4,7,11-13H2,1-2H3. The molecule has 5 rings (SSSR count). The zero-order valence-corrected chi connectivity index (χ0v) is 19.3. The molecular weight excluding hydrogens is 465 g/mol. The Morgan fingerprint density at radius 1 is 1.03 bits per heavy atom. The first kappa shape index (κ1) is 23.4. The van der Waals surface area contributed by atoms with Crippen LogP contribution < -0.4 is 4.90 Å². The highest BCUT2D eigenvalue weighted by Crippen LogP contribution is 2.43. The molecule has 35 heavy (non-hydrogen) atoms. The van der Waals surface area contributed by atoms with Crippen LogP contribution in [-0.4, -0.2) is 32.3 Å². The molecular formula is C25H24F5N5. The third-order valence-corrected chi connectivity index (χ3v) is 6.93. The normalized spacial score (nSPS) is 15.0. The van der Waals surface area contributed by atoms with Gasteiger partial charge < -0.3 is 4.90 Å². The first-order valence-electron chi connectivity index (χ1n) is 11.5. The van der Waals surface area contributed by atoms with Crippen LogP contribution in [0.5, 0.6) is 0 Å². The molecule has 0 spiro atoms. The van der Waals surface area contributed by atoms with Gasteiger partial charge in [0.1, 0.15) is 12.1 Å². The average molecular weight is 489 g/mol. The molecule has 0 saturated carbocycles. The van der Waals surface area contributed by atoms with Crippen LogP contribution in [0.2, 0.25) is 0 Å². The summed E-state index contributed by atoms with van der Waals surface area (Å²) >= 11 is 0. The van der Waals surface area contributed by atoms with E-state index in [0.717, 1.165) is 35.7 Å². The Bertz CT molecular complexity index is 1410. The minimum atomic E-state index is -4.30. The number of benzene rings is 2. The van der Waals surface area contributed by atoms with E-state index in [1.165, 1.54) is 30.6 Å². The molecule has 10 heteroatoms. The fourth-order valence-corrected chi connectivity index (χ4v) is 4.67. The van der Waals surface area contributed by atoms with Crippen molar-refractivity contribution in [1.29, 1.82) is 0 Å². The third-order valence-electron chi connectivity index (χ3n) is 6.93. The number of hydrogen-bond donors (Lipinski definition) is 0. The number of halogens is 5. The summed E-state index contributed by atoms with van der Waals surface area (Å²) in [6.45, 7) is 2.91. The smallest absolute Gasteiger partial charge is 0.325 e. The molecule has 1 aliphatic heterocycles. The third kappa shape index (κ3) is 3.98. The van der Waals surface area contributed by atoms with Gasteiger partial charge in [-0.2, -0.15) is 18.2 Å². The number of nitrogens with zero attached hydrogens (tertiary/aromatic N) is 5. The predicted octanol–water partition coefficient (Wildman–Crippen LogP) is 6.55. The molecule has 3 heterocycles. The van der Waals surface area contributed by atoms with E-state index < -0.39 is 23.2 Å². The minimum absolute atomic E-state index is 0.00811. The monoisotopic (exact) mass is 489 g/mol. The molecule has 0 amide bonds. The Morgan fingerprint density at radius 2 is 1.83 bits per heavy atom. The first-order chi connectivity index (χ1) is 16.6. The Balaban J connectivity index is 1.65. The lowest BCUT2D eigenvalue weighted by molar-refractivity contribution is -0.213. The molecule has 0 bridgehead atoms. The zero-order chi connectivity index (χ0) is 25.0. The molecule has 2 aromatic carbocycles. The lowest BCUT2D eigenvalue weighted by Gasteiger charge is -2.29. The average Bonchev–Trinajstić information content (AvgIpc) is 3.17. The van der Waals surface area contributed by atoms with Crippen molar-refractivity contribution in [1.82, 2.24) is 19.6 Å². The van der Waals surface area contributed by atoms with E-state index in [0.29, 0.717) is 18.5 Å². The maximum absolute atomic E-state index is 15.2. The molecule has 0 radical (unpaired) electrons. The molecule has 5 nitrogen and oxygen atoms in total. The van der Waals surface area contributed by atoms with E-state index in [9.17, 15) is 17.6 Å². The number of fused-ring (bicyclic) bond motifs is 4. The molecule has 0 atom stereocenters. The van der Waals surface area contributed by atoms with Crippen LogP contribution in [0.4, 0.5) is 33.5 Å². The van der Waals surface area contributed by atoms with E-state index in [4.69, 9.17) is 0 Å². The van der Waals surface area contributed by atoms with Crippen LogP contribution >= 0.6 is 0 Å². The van der Waals surface area contributed by atoms with E-state index >= 15 is 4.39 Å². The highest BCUT2D eigenvalue weighted by molar-refractivity contribution is 5.94. The summed E-state index contributed by atoms with van der Waals surface area (Å²) < 4.78 is 71.3. The minimum Gasteiger partial charge on any atom is -0.325 e. The fourth-order valence-electron chi connectivity index (χ4n) is 4.67. The van der Waals surface area contributed by atoms with Crippen molar-refractivity contribution in [2.45, 2.75) is 52.1 Å². The fraction of sp³-hybridized carbons (Fsp3) is 0.400. The van der Waals surface area contributed by atoms with Crippen molar-refractivity contribution < 1.29 is 22.0 Å². The van der Waals surface area contributed by atoms with Crippen LogP contribution in [0, 0.1) is 17.0 Å². The van der Waals surface area contributed by atoms with Gasteiger partial charge in [0, 0.05) is 12.2 Å². The summed E-state index contributed by atoms with van der Waals surface area (Å²) in [5.41, 5.74) is 1.04. The van der Waals surface area contributed by atoms with Gasteiger partial charge in [-0.3, -0.25) is 4.40 Å². The van der Waals surface area contributed by atoms with Gasteiger partial charge >= 0.3 is 6.18 Å². The Morgan fingerprint density at radius 3 is 2.60 bits per heavy atom. The molecule has 0 saturated heterocycles. The summed E-state index contributed by atoms with van der Waals surface area (Å²) in [6, 6.07) is 8.02. The van der Waals surface area contributed by atoms with Gasteiger partial charge in [-0.1, -0.05) is 26.0 Å². The quantitative estimate of drug-likeness (QED) is 0.305. The molecule has 2 aromatic heterocycles. The molecule has 0 N–H and O–H groups in total. The van der Waals surface area contributed by atoms with Crippen LogP contribution in [0.3, 0.4) is 0 Å². The van der Waals surface area contributed by atoms with Gasteiger partial charge in [-0.25, -0.2) is 8.78 Å². The zero-order valence-electron chi connectivity index (χ0n) is 19.3. The maximum Gasteiger partial charge on any atom is 0.393 e. The molecule has 1 aliphatic rings. The number of alkyl halides is 3. The second-order valence-electron chi connectivity index (χ2n) is 9.60. The van der Waals surface area contributed by atoms with Crippen molar-refractivity contribution in [3.63, 3.8) is 0 Å². The van der Waals surface area contributed by atoms with E-state index in [-0.39, 0.29) is 29.8 Å². The number of aryl methyl sites for hydroxylation is 1. The summed E-state index contributed by atoms with van der Waals surface area (Å²) in [5.74, 6) is -1.55. The second kappa shape index (κ2) is 8.42. The van der Waals surface area contributed by atoms with Crippen molar-refractivity contribution in [3.8, 4) is 0 Å². The summed E-state index contributed by atoms with van der Waals surface area (Å²) in [5, 5.41) is 7.87. The van der Waals surface area contributed by atoms with Gasteiger partial charge in [0.2, 0.25) is 0 Å². The Kier molecular flexibility index (Phi) is 5.64. The van der Waals surface area contributed by atoms with E-state index in [1.54, 1.807) is 6.07 Å². The summed E-state index contributed by atoms with van der Waals surface area (Å²) in [7, 11) is 0. The molecule has 0 unspecified atom stereocenters. The van der Waals surface area contributed by atoms with Crippen LogP contribution in [0.15, 0.2) is 36.7 Å². The SMILES string of the molecule is CC(C)(CCc1cccc2c1CCCCN2c1nc2nncn2c2ccc(F)c(F)c12)C(F)(F)F. The van der Waals surface area contributed by atoms with Crippen molar-refractivity contribution in [3.05, 3.63) is 59.4 Å². The van der Waals surface area contributed by atoms with Crippen molar-refractivity contribution in [2.75, 3.05) is 11.4 Å². The highest BCUT2D eigenvalue weighted by atomic mass is 19.4. The summed E-state index contributed by atoms with van der Waals surface area (Å²) in [6.07, 6.45) is -0.475. The highest BCUT2D eigenvalue weighted by Gasteiger charge is 2.46.